The van der Waals surface area contributed by atoms with Crippen LogP contribution in [-0.4, -0.2) is 31.6 Å². The third-order valence-electron chi connectivity index (χ3n) is 4.53. The molecule has 3 heterocycles. The van der Waals surface area contributed by atoms with Gasteiger partial charge in [0.1, 0.15) is 0 Å². The van der Waals surface area contributed by atoms with Gasteiger partial charge in [-0.25, -0.2) is 4.79 Å². The van der Waals surface area contributed by atoms with E-state index in [2.05, 4.69) is 16.0 Å². The van der Waals surface area contributed by atoms with Gasteiger partial charge in [0.15, 0.2) is 0 Å². The van der Waals surface area contributed by atoms with Crippen LogP contribution in [0.5, 0.6) is 0 Å². The highest BCUT2D eigenvalue weighted by molar-refractivity contribution is 7.14. The van der Waals surface area contributed by atoms with E-state index in [-0.39, 0.29) is 11.9 Å². The monoisotopic (exact) mass is 356 g/mol. The summed E-state index contributed by atoms with van der Waals surface area (Å²) in [7, 11) is 0. The van der Waals surface area contributed by atoms with Crippen molar-refractivity contribution in [3.63, 3.8) is 0 Å². The van der Waals surface area contributed by atoms with Gasteiger partial charge in [-0.3, -0.25) is 9.69 Å². The number of amides is 3. The van der Waals surface area contributed by atoms with E-state index < -0.39 is 0 Å². The first-order valence-electron chi connectivity index (χ1n) is 8.50. The van der Waals surface area contributed by atoms with Gasteiger partial charge >= 0.3 is 6.03 Å². The minimum absolute atomic E-state index is 0.101. The average molecular weight is 356 g/mol. The summed E-state index contributed by atoms with van der Waals surface area (Å²) >= 11 is 1.54. The van der Waals surface area contributed by atoms with Crippen LogP contribution in [0.2, 0.25) is 0 Å². The Bertz CT molecular complexity index is 798. The number of carbonyl (C=O) groups is 2. The first-order chi connectivity index (χ1) is 12.2. The Hall–Kier alpha value is -2.38. The predicted octanol–water partition coefficient (Wildman–Crippen LogP) is 2.95. The molecule has 1 aromatic heterocycles. The molecule has 0 aliphatic carbocycles. The highest BCUT2D eigenvalue weighted by Crippen LogP contribution is 2.30. The Balaban J connectivity index is 1.46. The molecule has 0 radical (unpaired) electrons. The number of thiophene rings is 1. The quantitative estimate of drug-likeness (QED) is 0.789. The van der Waals surface area contributed by atoms with Crippen LogP contribution in [0.15, 0.2) is 36.4 Å². The molecule has 1 aromatic carbocycles. The van der Waals surface area contributed by atoms with Gasteiger partial charge in [-0.2, -0.15) is 0 Å². The molecule has 2 fully saturated rings. The molecular weight excluding hydrogens is 336 g/mol. The molecule has 4 rings (SSSR count). The van der Waals surface area contributed by atoms with Gasteiger partial charge in [0.2, 0.25) is 0 Å². The molecule has 7 heteroatoms. The average Bonchev–Trinajstić information content (AvgIpc) is 3.36. The van der Waals surface area contributed by atoms with Crippen LogP contribution in [0.3, 0.4) is 0 Å². The summed E-state index contributed by atoms with van der Waals surface area (Å²) in [5, 5.41) is 9.17. The topological polar surface area (TPSA) is 73.5 Å². The van der Waals surface area contributed by atoms with E-state index in [1.54, 1.807) is 4.90 Å². The van der Waals surface area contributed by atoms with Gasteiger partial charge < -0.3 is 16.0 Å². The number of nitrogens with one attached hydrogen (secondary N) is 3. The molecule has 130 valence electrons. The molecule has 2 aliphatic heterocycles. The zero-order valence-corrected chi connectivity index (χ0v) is 14.6. The van der Waals surface area contributed by atoms with Gasteiger partial charge in [-0.15, -0.1) is 11.3 Å². The molecule has 25 heavy (non-hydrogen) atoms. The third-order valence-corrected chi connectivity index (χ3v) is 5.72. The van der Waals surface area contributed by atoms with Crippen LogP contribution in [0.1, 0.15) is 33.4 Å². The number of hydrogen-bond donors (Lipinski definition) is 3. The Morgan fingerprint density at radius 3 is 2.92 bits per heavy atom. The van der Waals surface area contributed by atoms with Gasteiger partial charge in [-0.05, 0) is 49.7 Å². The lowest BCUT2D eigenvalue weighted by molar-refractivity contribution is 0.103. The molecule has 1 atom stereocenters. The second kappa shape index (κ2) is 6.85. The van der Waals surface area contributed by atoms with Crippen LogP contribution in [0, 0.1) is 0 Å². The van der Waals surface area contributed by atoms with Crippen molar-refractivity contribution in [2.24, 2.45) is 0 Å². The summed E-state index contributed by atoms with van der Waals surface area (Å²) in [4.78, 5) is 27.9. The molecule has 0 bridgehead atoms. The smallest absolute Gasteiger partial charge is 0.321 e. The van der Waals surface area contributed by atoms with E-state index in [0.29, 0.717) is 29.7 Å². The Morgan fingerprint density at radius 2 is 2.16 bits per heavy atom. The molecule has 0 spiro atoms. The van der Waals surface area contributed by atoms with Gasteiger partial charge in [0.05, 0.1) is 4.88 Å². The molecule has 6 nitrogen and oxygen atoms in total. The summed E-state index contributed by atoms with van der Waals surface area (Å²) in [5.41, 5.74) is 1.48. The summed E-state index contributed by atoms with van der Waals surface area (Å²) in [6.45, 7) is 2.32. The maximum Gasteiger partial charge on any atom is 0.321 e. The molecule has 3 amide bonds. The fourth-order valence-corrected chi connectivity index (χ4v) is 4.27. The second-order valence-electron chi connectivity index (χ2n) is 6.24. The zero-order chi connectivity index (χ0) is 17.2. The van der Waals surface area contributed by atoms with Crippen molar-refractivity contribution in [3.8, 4) is 0 Å². The van der Waals surface area contributed by atoms with Crippen molar-refractivity contribution in [2.75, 3.05) is 29.9 Å². The Kier molecular flexibility index (Phi) is 4.42. The fraction of sp³-hybridized carbons (Fsp3) is 0.333. The minimum atomic E-state index is -0.114. The lowest BCUT2D eigenvalue weighted by atomic mass is 10.2. The molecule has 2 saturated heterocycles. The highest BCUT2D eigenvalue weighted by atomic mass is 32.1. The zero-order valence-electron chi connectivity index (χ0n) is 13.7. The van der Waals surface area contributed by atoms with Crippen molar-refractivity contribution >= 4 is 34.6 Å². The SMILES string of the molecule is O=C(Nc1cccc(N2CCNC2=O)c1)c1ccc(C2CCCN2)s1. The Morgan fingerprint density at radius 1 is 1.24 bits per heavy atom. The first kappa shape index (κ1) is 16.1. The first-order valence-corrected chi connectivity index (χ1v) is 9.32. The molecular formula is C18H20N4O2S. The highest BCUT2D eigenvalue weighted by Gasteiger charge is 2.22. The Labute approximate surface area is 150 Å². The number of anilines is 2. The molecule has 1 unspecified atom stereocenters. The summed E-state index contributed by atoms with van der Waals surface area (Å²) < 4.78 is 0. The van der Waals surface area contributed by atoms with Crippen LogP contribution >= 0.6 is 11.3 Å². The number of carbonyl (C=O) groups excluding carboxylic acids is 2. The minimum Gasteiger partial charge on any atom is -0.336 e. The van der Waals surface area contributed by atoms with Gasteiger partial charge in [0.25, 0.3) is 5.91 Å². The van der Waals surface area contributed by atoms with Gasteiger partial charge in [0, 0.05) is 35.4 Å². The fourth-order valence-electron chi connectivity index (χ4n) is 3.25. The molecule has 2 aromatic rings. The number of nitrogens with zero attached hydrogens (tertiary/aromatic N) is 1. The lowest BCUT2D eigenvalue weighted by Crippen LogP contribution is -2.27. The van der Waals surface area contributed by atoms with Crippen molar-refractivity contribution in [1.29, 1.82) is 0 Å². The van der Waals surface area contributed by atoms with Crippen LogP contribution in [0.25, 0.3) is 0 Å². The van der Waals surface area contributed by atoms with E-state index >= 15 is 0 Å². The third kappa shape index (κ3) is 3.38. The van der Waals surface area contributed by atoms with Crippen molar-refractivity contribution in [1.82, 2.24) is 10.6 Å². The van der Waals surface area contributed by atoms with E-state index in [0.717, 1.165) is 18.7 Å². The maximum absolute atomic E-state index is 12.5. The largest absolute Gasteiger partial charge is 0.336 e. The second-order valence-corrected chi connectivity index (χ2v) is 7.35. The van der Waals surface area contributed by atoms with Crippen molar-refractivity contribution < 1.29 is 9.59 Å². The van der Waals surface area contributed by atoms with E-state index in [9.17, 15) is 9.59 Å². The number of urea groups is 1. The molecule has 3 N–H and O–H groups in total. The maximum atomic E-state index is 12.5. The summed E-state index contributed by atoms with van der Waals surface area (Å²) in [6.07, 6.45) is 2.31. The summed E-state index contributed by atoms with van der Waals surface area (Å²) in [6, 6.07) is 11.6. The van der Waals surface area contributed by atoms with Crippen molar-refractivity contribution in [2.45, 2.75) is 18.9 Å². The standard InChI is InChI=1S/C18H20N4O2S/c23-17(16-7-6-15(25-16)14-5-2-8-19-14)21-12-3-1-4-13(11-12)22-10-9-20-18(22)24/h1,3-4,6-7,11,14,19H,2,5,8-10H2,(H,20,24)(H,21,23). The van der Waals surface area contributed by atoms with Crippen LogP contribution in [0.4, 0.5) is 16.2 Å². The predicted molar refractivity (Wildman–Crippen MR) is 99.4 cm³/mol. The van der Waals surface area contributed by atoms with Crippen LogP contribution in [-0.2, 0) is 0 Å². The van der Waals surface area contributed by atoms with Gasteiger partial charge in [-0.1, -0.05) is 6.07 Å². The number of hydrogen-bond acceptors (Lipinski definition) is 4. The normalized spacial score (nSPS) is 19.9. The van der Waals surface area contributed by atoms with Crippen LogP contribution < -0.4 is 20.9 Å². The molecule has 2 aliphatic rings. The van der Waals surface area contributed by atoms with E-state index in [1.165, 1.54) is 22.6 Å². The molecule has 0 saturated carbocycles. The van der Waals surface area contributed by atoms with Crippen molar-refractivity contribution in [3.05, 3.63) is 46.2 Å². The summed E-state index contributed by atoms with van der Waals surface area (Å²) in [5.74, 6) is -0.114. The number of rotatable bonds is 4. The lowest BCUT2D eigenvalue weighted by Gasteiger charge is -2.15. The number of benzene rings is 1. The van der Waals surface area contributed by atoms with E-state index in [1.807, 2.05) is 36.4 Å². The van der Waals surface area contributed by atoms with E-state index in [4.69, 9.17) is 0 Å².